The molecule has 2 saturated heterocycles. The van der Waals surface area contributed by atoms with Gasteiger partial charge in [0.15, 0.2) is 0 Å². The molecule has 4 nitrogen and oxygen atoms in total. The number of nitrogens with zero attached hydrogens (tertiary/aromatic N) is 1. The Morgan fingerprint density at radius 1 is 1.47 bits per heavy atom. The normalized spacial score (nSPS) is 33.8. The molecule has 2 aliphatic heterocycles. The summed E-state index contributed by atoms with van der Waals surface area (Å²) in [5.41, 5.74) is 0.0236. The molecule has 0 aromatic heterocycles. The standard InChI is InChI=1S/C12H24N2O2S/c1-10(2)5-4-6-17(15,16)14-9-12(3)7-11(14)8-13-12/h10-11,13H,4-9H2,1-3H3. The molecule has 2 aliphatic rings. The van der Waals surface area contributed by atoms with Gasteiger partial charge in [-0.3, -0.25) is 0 Å². The summed E-state index contributed by atoms with van der Waals surface area (Å²) in [5.74, 6) is 0.900. The average molecular weight is 260 g/mol. The molecule has 100 valence electrons. The van der Waals surface area contributed by atoms with Crippen LogP contribution in [-0.2, 0) is 10.0 Å². The first-order valence-electron chi connectivity index (χ1n) is 6.57. The van der Waals surface area contributed by atoms with E-state index in [-0.39, 0.29) is 11.6 Å². The maximum absolute atomic E-state index is 12.2. The number of hydrogen-bond acceptors (Lipinski definition) is 3. The van der Waals surface area contributed by atoms with Gasteiger partial charge in [0, 0.05) is 24.7 Å². The van der Waals surface area contributed by atoms with Crippen molar-refractivity contribution in [2.24, 2.45) is 5.92 Å². The van der Waals surface area contributed by atoms with Gasteiger partial charge in [0.05, 0.1) is 5.75 Å². The molecule has 17 heavy (non-hydrogen) atoms. The molecule has 0 aromatic carbocycles. The first-order valence-corrected chi connectivity index (χ1v) is 8.18. The number of sulfonamides is 1. The van der Waals surface area contributed by atoms with Gasteiger partial charge in [0.2, 0.25) is 10.0 Å². The van der Waals surface area contributed by atoms with Crippen LogP contribution in [-0.4, -0.2) is 43.1 Å². The van der Waals surface area contributed by atoms with E-state index in [1.54, 1.807) is 4.31 Å². The van der Waals surface area contributed by atoms with E-state index in [0.717, 1.165) is 25.8 Å². The lowest BCUT2D eigenvalue weighted by molar-refractivity contribution is 0.306. The van der Waals surface area contributed by atoms with E-state index in [2.05, 4.69) is 26.1 Å². The highest BCUT2D eigenvalue weighted by molar-refractivity contribution is 7.89. The van der Waals surface area contributed by atoms with Crippen LogP contribution in [0.3, 0.4) is 0 Å². The van der Waals surface area contributed by atoms with E-state index in [0.29, 0.717) is 18.2 Å². The van der Waals surface area contributed by atoms with E-state index in [9.17, 15) is 8.42 Å². The van der Waals surface area contributed by atoms with Crippen molar-refractivity contribution >= 4 is 10.0 Å². The second-order valence-corrected chi connectivity index (χ2v) is 8.24. The SMILES string of the molecule is CC(C)CCCS(=O)(=O)N1CC2(C)CC1CN2. The zero-order valence-electron chi connectivity index (χ0n) is 11.1. The highest BCUT2D eigenvalue weighted by Crippen LogP contribution is 2.34. The largest absolute Gasteiger partial charge is 0.309 e. The number of nitrogens with one attached hydrogen (secondary N) is 1. The van der Waals surface area contributed by atoms with Gasteiger partial charge in [-0.05, 0) is 32.1 Å². The highest BCUT2D eigenvalue weighted by Gasteiger charge is 2.50. The minimum absolute atomic E-state index is 0.0236. The Balaban J connectivity index is 1.93. The third kappa shape index (κ3) is 2.83. The fourth-order valence-electron chi connectivity index (χ4n) is 2.94. The molecule has 0 saturated carbocycles. The first kappa shape index (κ1) is 13.3. The topological polar surface area (TPSA) is 49.4 Å². The van der Waals surface area contributed by atoms with Crippen LogP contribution in [0.5, 0.6) is 0 Å². The molecule has 1 N–H and O–H groups in total. The van der Waals surface area contributed by atoms with E-state index >= 15 is 0 Å². The third-order valence-corrected chi connectivity index (χ3v) is 5.85. The Kier molecular flexibility index (Phi) is 3.54. The van der Waals surface area contributed by atoms with Gasteiger partial charge in [0.1, 0.15) is 0 Å². The summed E-state index contributed by atoms with van der Waals surface area (Å²) in [5, 5.41) is 3.40. The fraction of sp³-hybridized carbons (Fsp3) is 1.00. The molecule has 2 fully saturated rings. The summed E-state index contributed by atoms with van der Waals surface area (Å²) in [6, 6.07) is 0.198. The maximum Gasteiger partial charge on any atom is 0.214 e. The van der Waals surface area contributed by atoms with Crippen LogP contribution in [0.1, 0.15) is 40.0 Å². The van der Waals surface area contributed by atoms with Gasteiger partial charge in [-0.15, -0.1) is 0 Å². The second kappa shape index (κ2) is 4.52. The predicted octanol–water partition coefficient (Wildman–Crippen LogP) is 1.19. The van der Waals surface area contributed by atoms with Gasteiger partial charge in [-0.25, -0.2) is 8.42 Å². The summed E-state index contributed by atoms with van der Waals surface area (Å²) < 4.78 is 26.2. The molecule has 2 rings (SSSR count). The number of rotatable bonds is 5. The van der Waals surface area contributed by atoms with Crippen molar-refractivity contribution in [3.05, 3.63) is 0 Å². The van der Waals surface area contributed by atoms with Crippen molar-refractivity contribution < 1.29 is 8.42 Å². The first-order chi connectivity index (χ1) is 7.82. The van der Waals surface area contributed by atoms with Crippen molar-refractivity contribution in [3.8, 4) is 0 Å². The molecule has 2 heterocycles. The van der Waals surface area contributed by atoms with Crippen LogP contribution >= 0.6 is 0 Å². The lowest BCUT2D eigenvalue weighted by atomic mass is 10.0. The van der Waals surface area contributed by atoms with Crippen molar-refractivity contribution in [3.63, 3.8) is 0 Å². The van der Waals surface area contributed by atoms with Gasteiger partial charge >= 0.3 is 0 Å². The van der Waals surface area contributed by atoms with Crippen molar-refractivity contribution in [2.45, 2.75) is 51.6 Å². The van der Waals surface area contributed by atoms with E-state index in [1.807, 2.05) is 0 Å². The summed E-state index contributed by atoms with van der Waals surface area (Å²) in [6.07, 6.45) is 2.75. The maximum atomic E-state index is 12.2. The average Bonchev–Trinajstić information content (AvgIpc) is 2.72. The molecule has 5 heteroatoms. The Morgan fingerprint density at radius 3 is 2.65 bits per heavy atom. The van der Waals surface area contributed by atoms with E-state index in [4.69, 9.17) is 0 Å². The zero-order valence-corrected chi connectivity index (χ0v) is 11.9. The summed E-state index contributed by atoms with van der Waals surface area (Å²) in [7, 11) is -3.03. The minimum Gasteiger partial charge on any atom is -0.309 e. The summed E-state index contributed by atoms with van der Waals surface area (Å²) in [4.78, 5) is 0. The molecule has 0 aliphatic carbocycles. The molecule has 2 unspecified atom stereocenters. The van der Waals surface area contributed by atoms with Gasteiger partial charge in [-0.1, -0.05) is 13.8 Å². The monoisotopic (exact) mass is 260 g/mol. The number of piperazine rings is 1. The molecule has 0 aromatic rings. The van der Waals surface area contributed by atoms with Crippen LogP contribution < -0.4 is 5.32 Å². The molecular weight excluding hydrogens is 236 g/mol. The molecule has 0 spiro atoms. The van der Waals surface area contributed by atoms with Crippen LogP contribution in [0.15, 0.2) is 0 Å². The van der Waals surface area contributed by atoms with Crippen LogP contribution in [0, 0.1) is 5.92 Å². The fourth-order valence-corrected chi connectivity index (χ4v) is 4.79. The van der Waals surface area contributed by atoms with Crippen LogP contribution in [0.4, 0.5) is 0 Å². The van der Waals surface area contributed by atoms with Gasteiger partial charge in [0.25, 0.3) is 0 Å². The number of fused-ring (bicyclic) bond motifs is 2. The number of hydrogen-bond donors (Lipinski definition) is 1. The Morgan fingerprint density at radius 2 is 2.18 bits per heavy atom. The van der Waals surface area contributed by atoms with E-state index in [1.165, 1.54) is 0 Å². The smallest absolute Gasteiger partial charge is 0.214 e. The van der Waals surface area contributed by atoms with Crippen LogP contribution in [0.2, 0.25) is 0 Å². The Bertz CT molecular complexity index is 380. The van der Waals surface area contributed by atoms with Gasteiger partial charge < -0.3 is 5.32 Å². The van der Waals surface area contributed by atoms with Gasteiger partial charge in [-0.2, -0.15) is 4.31 Å². The van der Waals surface area contributed by atoms with Crippen LogP contribution in [0.25, 0.3) is 0 Å². The lowest BCUT2D eigenvalue weighted by Gasteiger charge is -2.30. The predicted molar refractivity (Wildman–Crippen MR) is 69.4 cm³/mol. The van der Waals surface area contributed by atoms with E-state index < -0.39 is 10.0 Å². The second-order valence-electron chi connectivity index (χ2n) is 6.20. The third-order valence-electron chi connectivity index (χ3n) is 3.90. The molecule has 0 amide bonds. The molecule has 0 radical (unpaired) electrons. The van der Waals surface area contributed by atoms with Crippen molar-refractivity contribution in [2.75, 3.05) is 18.8 Å². The highest BCUT2D eigenvalue weighted by atomic mass is 32.2. The molecule has 2 atom stereocenters. The zero-order chi connectivity index (χ0) is 12.7. The van der Waals surface area contributed by atoms with Crippen molar-refractivity contribution in [1.29, 1.82) is 0 Å². The Hall–Kier alpha value is -0.130. The van der Waals surface area contributed by atoms with Crippen molar-refractivity contribution in [1.82, 2.24) is 9.62 Å². The lowest BCUT2D eigenvalue weighted by Crippen LogP contribution is -2.52. The molecule has 2 bridgehead atoms. The minimum atomic E-state index is -3.03. The molecular formula is C12H24N2O2S. The quantitative estimate of drug-likeness (QED) is 0.808. The summed E-state index contributed by atoms with van der Waals surface area (Å²) >= 11 is 0. The summed E-state index contributed by atoms with van der Waals surface area (Å²) in [6.45, 7) is 7.86. The Labute approximate surface area is 105 Å².